The van der Waals surface area contributed by atoms with Gasteiger partial charge in [0.2, 0.25) is 0 Å². The second-order valence-corrected chi connectivity index (χ2v) is 4.16. The monoisotopic (exact) mass is 221 g/mol. The van der Waals surface area contributed by atoms with Crippen molar-refractivity contribution in [2.24, 2.45) is 0 Å². The van der Waals surface area contributed by atoms with Crippen molar-refractivity contribution in [1.82, 2.24) is 10.3 Å². The first kappa shape index (κ1) is 13.0. The lowest BCUT2D eigenvalue weighted by molar-refractivity contribution is 0.681. The molecule has 0 saturated heterocycles. The van der Waals surface area contributed by atoms with Gasteiger partial charge in [0.05, 0.1) is 11.9 Å². The molecule has 0 radical (unpaired) electrons. The van der Waals surface area contributed by atoms with E-state index in [4.69, 9.17) is 0 Å². The van der Waals surface area contributed by atoms with Gasteiger partial charge in [-0.05, 0) is 38.9 Å². The van der Waals surface area contributed by atoms with Crippen LogP contribution in [0.15, 0.2) is 18.5 Å². The molecule has 0 aliphatic carbocycles. The number of rotatable bonds is 6. The van der Waals surface area contributed by atoms with Crippen LogP contribution in [0, 0.1) is 0 Å². The van der Waals surface area contributed by atoms with Crippen molar-refractivity contribution < 1.29 is 0 Å². The fraction of sp³-hybridized carbons (Fsp3) is 0.615. The van der Waals surface area contributed by atoms with Crippen molar-refractivity contribution in [3.05, 3.63) is 24.0 Å². The molecule has 0 aliphatic heterocycles. The normalized spacial score (nSPS) is 10.8. The summed E-state index contributed by atoms with van der Waals surface area (Å²) in [6, 6.07) is 2.61. The quantitative estimate of drug-likeness (QED) is 0.799. The molecule has 3 nitrogen and oxygen atoms in total. The molecular formula is C13H23N3. The molecule has 3 heteroatoms. The summed E-state index contributed by atoms with van der Waals surface area (Å²) in [7, 11) is 0. The van der Waals surface area contributed by atoms with E-state index >= 15 is 0 Å². The minimum atomic E-state index is 0.509. The van der Waals surface area contributed by atoms with Crippen LogP contribution in [0.5, 0.6) is 0 Å². The predicted octanol–water partition coefficient (Wildman–Crippen LogP) is 2.43. The standard InChI is InChI=1S/C13H23N3/c1-5-14-9-12-7-8-15-10-13(12)16(6-2)11(3)4/h7-8,10-11,14H,5-6,9H2,1-4H3. The zero-order chi connectivity index (χ0) is 12.0. The summed E-state index contributed by atoms with van der Waals surface area (Å²) in [6.07, 6.45) is 3.83. The van der Waals surface area contributed by atoms with Gasteiger partial charge in [-0.3, -0.25) is 4.98 Å². The highest BCUT2D eigenvalue weighted by Gasteiger charge is 2.12. The van der Waals surface area contributed by atoms with Crippen molar-refractivity contribution >= 4 is 5.69 Å². The van der Waals surface area contributed by atoms with Gasteiger partial charge < -0.3 is 10.2 Å². The maximum absolute atomic E-state index is 4.24. The Labute approximate surface area is 98.9 Å². The number of nitrogens with zero attached hydrogens (tertiary/aromatic N) is 2. The van der Waals surface area contributed by atoms with E-state index in [-0.39, 0.29) is 0 Å². The predicted molar refractivity (Wildman–Crippen MR) is 69.8 cm³/mol. The van der Waals surface area contributed by atoms with Crippen LogP contribution in [-0.2, 0) is 6.54 Å². The fourth-order valence-corrected chi connectivity index (χ4v) is 1.90. The average molecular weight is 221 g/mol. The Morgan fingerprint density at radius 3 is 2.69 bits per heavy atom. The van der Waals surface area contributed by atoms with Crippen molar-refractivity contribution in [3.8, 4) is 0 Å². The Balaban J connectivity index is 2.91. The zero-order valence-corrected chi connectivity index (χ0v) is 10.8. The van der Waals surface area contributed by atoms with Crippen LogP contribution in [0.2, 0.25) is 0 Å². The number of anilines is 1. The summed E-state index contributed by atoms with van der Waals surface area (Å²) in [4.78, 5) is 6.61. The molecule has 1 rings (SSSR count). The number of aromatic nitrogens is 1. The van der Waals surface area contributed by atoms with Crippen LogP contribution in [-0.4, -0.2) is 24.1 Å². The molecule has 0 aliphatic rings. The van der Waals surface area contributed by atoms with Crippen molar-refractivity contribution in [3.63, 3.8) is 0 Å². The lowest BCUT2D eigenvalue weighted by Gasteiger charge is -2.29. The molecule has 0 amide bonds. The van der Waals surface area contributed by atoms with E-state index in [1.54, 1.807) is 0 Å². The van der Waals surface area contributed by atoms with E-state index in [1.165, 1.54) is 11.3 Å². The molecule has 0 aromatic carbocycles. The van der Waals surface area contributed by atoms with Gasteiger partial charge in [0.15, 0.2) is 0 Å². The van der Waals surface area contributed by atoms with Gasteiger partial charge in [0, 0.05) is 25.3 Å². The van der Waals surface area contributed by atoms with E-state index in [0.717, 1.165) is 19.6 Å². The second kappa shape index (κ2) is 6.48. The van der Waals surface area contributed by atoms with Gasteiger partial charge in [-0.1, -0.05) is 6.92 Å². The smallest absolute Gasteiger partial charge is 0.0600 e. The van der Waals surface area contributed by atoms with E-state index < -0.39 is 0 Å². The third kappa shape index (κ3) is 3.20. The topological polar surface area (TPSA) is 28.2 Å². The van der Waals surface area contributed by atoms with Crippen LogP contribution in [0.25, 0.3) is 0 Å². The Morgan fingerprint density at radius 2 is 2.12 bits per heavy atom. The first-order valence-electron chi connectivity index (χ1n) is 6.10. The number of nitrogens with one attached hydrogen (secondary N) is 1. The molecule has 1 aromatic heterocycles. The third-order valence-corrected chi connectivity index (χ3v) is 2.73. The minimum Gasteiger partial charge on any atom is -0.368 e. The molecule has 0 unspecified atom stereocenters. The molecule has 0 saturated carbocycles. The van der Waals surface area contributed by atoms with Crippen LogP contribution in [0.3, 0.4) is 0 Å². The maximum atomic E-state index is 4.24. The van der Waals surface area contributed by atoms with Crippen LogP contribution < -0.4 is 10.2 Å². The number of hydrogen-bond acceptors (Lipinski definition) is 3. The SMILES string of the molecule is CCNCc1ccncc1N(CC)C(C)C. The highest BCUT2D eigenvalue weighted by atomic mass is 15.2. The fourth-order valence-electron chi connectivity index (χ4n) is 1.90. The summed E-state index contributed by atoms with van der Waals surface area (Å²) in [5.41, 5.74) is 2.58. The van der Waals surface area contributed by atoms with Crippen LogP contribution in [0.4, 0.5) is 5.69 Å². The molecular weight excluding hydrogens is 198 g/mol. The van der Waals surface area contributed by atoms with Crippen molar-refractivity contribution in [2.75, 3.05) is 18.0 Å². The van der Waals surface area contributed by atoms with Crippen molar-refractivity contribution in [2.45, 2.75) is 40.3 Å². The van der Waals surface area contributed by atoms with E-state index in [9.17, 15) is 0 Å². The summed E-state index contributed by atoms with van der Waals surface area (Å²) in [5.74, 6) is 0. The largest absolute Gasteiger partial charge is 0.368 e. The van der Waals surface area contributed by atoms with Crippen molar-refractivity contribution in [1.29, 1.82) is 0 Å². The van der Waals surface area contributed by atoms with Gasteiger partial charge in [-0.15, -0.1) is 0 Å². The minimum absolute atomic E-state index is 0.509. The van der Waals surface area contributed by atoms with Gasteiger partial charge in [0.25, 0.3) is 0 Å². The number of pyridine rings is 1. The average Bonchev–Trinajstić information content (AvgIpc) is 2.28. The van der Waals surface area contributed by atoms with Gasteiger partial charge in [0.1, 0.15) is 0 Å². The maximum Gasteiger partial charge on any atom is 0.0600 e. The summed E-state index contributed by atoms with van der Waals surface area (Å²) in [5, 5.41) is 3.37. The second-order valence-electron chi connectivity index (χ2n) is 4.16. The summed E-state index contributed by atoms with van der Waals surface area (Å²) in [6.45, 7) is 11.7. The van der Waals surface area contributed by atoms with E-state index in [1.807, 2.05) is 12.4 Å². The Morgan fingerprint density at radius 1 is 1.38 bits per heavy atom. The first-order chi connectivity index (χ1) is 7.70. The molecule has 90 valence electrons. The molecule has 0 spiro atoms. The molecule has 1 heterocycles. The van der Waals surface area contributed by atoms with E-state index in [2.05, 4.69) is 49.0 Å². The first-order valence-corrected chi connectivity index (χ1v) is 6.10. The lowest BCUT2D eigenvalue weighted by atomic mass is 10.1. The summed E-state index contributed by atoms with van der Waals surface area (Å²) >= 11 is 0. The highest BCUT2D eigenvalue weighted by Crippen LogP contribution is 2.20. The van der Waals surface area contributed by atoms with Gasteiger partial charge in [-0.2, -0.15) is 0 Å². The Bertz CT molecular complexity index is 310. The molecule has 0 fully saturated rings. The molecule has 1 aromatic rings. The van der Waals surface area contributed by atoms with Crippen LogP contribution >= 0.6 is 0 Å². The van der Waals surface area contributed by atoms with Gasteiger partial charge in [-0.25, -0.2) is 0 Å². The summed E-state index contributed by atoms with van der Waals surface area (Å²) < 4.78 is 0. The molecule has 16 heavy (non-hydrogen) atoms. The van der Waals surface area contributed by atoms with Crippen LogP contribution in [0.1, 0.15) is 33.3 Å². The zero-order valence-electron chi connectivity index (χ0n) is 10.8. The lowest BCUT2D eigenvalue weighted by Crippen LogP contribution is -2.31. The molecule has 0 atom stereocenters. The Kier molecular flexibility index (Phi) is 5.26. The number of hydrogen-bond donors (Lipinski definition) is 1. The van der Waals surface area contributed by atoms with E-state index in [0.29, 0.717) is 6.04 Å². The molecule has 0 bridgehead atoms. The highest BCUT2D eigenvalue weighted by molar-refractivity contribution is 5.52. The molecule has 1 N–H and O–H groups in total. The van der Waals surface area contributed by atoms with Gasteiger partial charge >= 0.3 is 0 Å². The Hall–Kier alpha value is -1.09. The third-order valence-electron chi connectivity index (χ3n) is 2.73.